The van der Waals surface area contributed by atoms with E-state index in [1.807, 2.05) is 55.5 Å². The van der Waals surface area contributed by atoms with Crippen molar-refractivity contribution in [2.75, 3.05) is 36.5 Å². The first kappa shape index (κ1) is 18.9. The summed E-state index contributed by atoms with van der Waals surface area (Å²) in [5.74, 6) is -0.162. The minimum absolute atomic E-state index is 0.162. The van der Waals surface area contributed by atoms with E-state index in [-0.39, 0.29) is 5.91 Å². The Kier molecular flexibility index (Phi) is 5.62. The molecule has 1 N–H and O–H groups in total. The van der Waals surface area contributed by atoms with E-state index in [0.717, 1.165) is 48.1 Å². The van der Waals surface area contributed by atoms with Crippen LogP contribution in [0, 0.1) is 6.92 Å². The standard InChI is InChI=1S/C21H20ClN3O2S/c1-14-19(15-2-6-17(22)7-3-15)23-21(28-14)24-20(26)16-4-8-18(9-5-16)25-10-12-27-13-11-25/h2-9H,10-13H2,1H3,(H,23,24,26). The Morgan fingerprint density at radius 1 is 1.11 bits per heavy atom. The molecular formula is C21H20ClN3O2S. The molecule has 1 aliphatic heterocycles. The molecule has 28 heavy (non-hydrogen) atoms. The van der Waals surface area contributed by atoms with Gasteiger partial charge in [0.15, 0.2) is 5.13 Å². The number of hydrogen-bond acceptors (Lipinski definition) is 5. The summed E-state index contributed by atoms with van der Waals surface area (Å²) in [7, 11) is 0. The number of nitrogens with zero attached hydrogens (tertiary/aromatic N) is 2. The maximum absolute atomic E-state index is 12.6. The first-order chi connectivity index (χ1) is 13.6. The van der Waals surface area contributed by atoms with E-state index >= 15 is 0 Å². The average molecular weight is 414 g/mol. The fraction of sp³-hybridized carbons (Fsp3) is 0.238. The summed E-state index contributed by atoms with van der Waals surface area (Å²) in [6, 6.07) is 15.2. The summed E-state index contributed by atoms with van der Waals surface area (Å²) in [5.41, 5.74) is 3.56. The van der Waals surface area contributed by atoms with E-state index in [1.165, 1.54) is 11.3 Å². The molecule has 1 aromatic heterocycles. The lowest BCUT2D eigenvalue weighted by atomic mass is 10.1. The molecular weight excluding hydrogens is 394 g/mol. The van der Waals surface area contributed by atoms with Gasteiger partial charge in [0.25, 0.3) is 5.91 Å². The summed E-state index contributed by atoms with van der Waals surface area (Å²) >= 11 is 7.42. The number of halogens is 1. The normalized spacial score (nSPS) is 14.1. The summed E-state index contributed by atoms with van der Waals surface area (Å²) in [6.45, 7) is 5.21. The topological polar surface area (TPSA) is 54.5 Å². The van der Waals surface area contributed by atoms with Gasteiger partial charge in [0.1, 0.15) is 0 Å². The van der Waals surface area contributed by atoms with Crippen molar-refractivity contribution in [3.63, 3.8) is 0 Å². The Bertz CT molecular complexity index is 964. The highest BCUT2D eigenvalue weighted by Gasteiger charge is 2.15. The van der Waals surface area contributed by atoms with Crippen LogP contribution in [-0.2, 0) is 4.74 Å². The Morgan fingerprint density at radius 3 is 2.46 bits per heavy atom. The van der Waals surface area contributed by atoms with Gasteiger partial charge in [-0.15, -0.1) is 11.3 Å². The van der Waals surface area contributed by atoms with Crippen molar-refractivity contribution in [2.24, 2.45) is 0 Å². The lowest BCUT2D eigenvalue weighted by Gasteiger charge is -2.28. The lowest BCUT2D eigenvalue weighted by molar-refractivity contribution is 0.102. The van der Waals surface area contributed by atoms with Crippen LogP contribution in [0.25, 0.3) is 11.3 Å². The predicted molar refractivity (Wildman–Crippen MR) is 115 cm³/mol. The van der Waals surface area contributed by atoms with Gasteiger partial charge in [0.05, 0.1) is 18.9 Å². The van der Waals surface area contributed by atoms with Crippen molar-refractivity contribution in [3.05, 3.63) is 64.0 Å². The number of ether oxygens (including phenoxy) is 1. The number of carbonyl (C=O) groups is 1. The van der Waals surface area contributed by atoms with Crippen LogP contribution in [0.1, 0.15) is 15.2 Å². The van der Waals surface area contributed by atoms with Crippen LogP contribution in [-0.4, -0.2) is 37.2 Å². The van der Waals surface area contributed by atoms with Gasteiger partial charge in [-0.3, -0.25) is 10.1 Å². The van der Waals surface area contributed by atoms with Gasteiger partial charge in [-0.1, -0.05) is 23.7 Å². The SMILES string of the molecule is Cc1sc(NC(=O)c2ccc(N3CCOCC3)cc2)nc1-c1ccc(Cl)cc1. The molecule has 7 heteroatoms. The Balaban J connectivity index is 1.46. The van der Waals surface area contributed by atoms with Crippen LogP contribution < -0.4 is 10.2 Å². The van der Waals surface area contributed by atoms with Crippen LogP contribution in [0.4, 0.5) is 10.8 Å². The Morgan fingerprint density at radius 2 is 1.79 bits per heavy atom. The molecule has 1 fully saturated rings. The zero-order valence-electron chi connectivity index (χ0n) is 15.4. The van der Waals surface area contributed by atoms with Crippen molar-refractivity contribution in [2.45, 2.75) is 6.92 Å². The van der Waals surface area contributed by atoms with Crippen molar-refractivity contribution in [1.29, 1.82) is 0 Å². The number of aromatic nitrogens is 1. The van der Waals surface area contributed by atoms with Crippen LogP contribution in [0.2, 0.25) is 5.02 Å². The molecule has 0 radical (unpaired) electrons. The Hall–Kier alpha value is -2.41. The highest BCUT2D eigenvalue weighted by atomic mass is 35.5. The summed E-state index contributed by atoms with van der Waals surface area (Å²) in [4.78, 5) is 20.5. The van der Waals surface area contributed by atoms with E-state index in [0.29, 0.717) is 15.7 Å². The van der Waals surface area contributed by atoms with Crippen molar-refractivity contribution in [3.8, 4) is 11.3 Å². The first-order valence-electron chi connectivity index (χ1n) is 9.07. The molecule has 1 amide bonds. The van der Waals surface area contributed by atoms with Crippen molar-refractivity contribution >= 4 is 39.7 Å². The molecule has 1 aliphatic rings. The lowest BCUT2D eigenvalue weighted by Crippen LogP contribution is -2.36. The number of rotatable bonds is 4. The van der Waals surface area contributed by atoms with Gasteiger partial charge in [0.2, 0.25) is 0 Å². The van der Waals surface area contributed by atoms with Gasteiger partial charge in [-0.25, -0.2) is 4.98 Å². The number of aryl methyl sites for hydroxylation is 1. The highest BCUT2D eigenvalue weighted by Crippen LogP contribution is 2.31. The van der Waals surface area contributed by atoms with E-state index in [4.69, 9.17) is 16.3 Å². The minimum atomic E-state index is -0.162. The zero-order chi connectivity index (χ0) is 19.5. The monoisotopic (exact) mass is 413 g/mol. The molecule has 1 saturated heterocycles. The third-order valence-electron chi connectivity index (χ3n) is 4.64. The second kappa shape index (κ2) is 8.31. The van der Waals surface area contributed by atoms with Gasteiger partial charge >= 0.3 is 0 Å². The number of nitrogens with one attached hydrogen (secondary N) is 1. The zero-order valence-corrected chi connectivity index (χ0v) is 17.0. The number of amides is 1. The second-order valence-corrected chi connectivity index (χ2v) is 8.17. The van der Waals surface area contributed by atoms with Gasteiger partial charge in [-0.05, 0) is 43.3 Å². The maximum Gasteiger partial charge on any atom is 0.257 e. The second-order valence-electron chi connectivity index (χ2n) is 6.53. The van der Waals surface area contributed by atoms with Crippen molar-refractivity contribution < 1.29 is 9.53 Å². The fourth-order valence-corrected chi connectivity index (χ4v) is 4.10. The van der Waals surface area contributed by atoms with E-state index < -0.39 is 0 Å². The molecule has 0 aliphatic carbocycles. The quantitative estimate of drug-likeness (QED) is 0.663. The molecule has 0 bridgehead atoms. The summed E-state index contributed by atoms with van der Waals surface area (Å²) in [5, 5.41) is 4.18. The molecule has 2 heterocycles. The molecule has 3 aromatic rings. The number of carbonyl (C=O) groups excluding carboxylic acids is 1. The first-order valence-corrected chi connectivity index (χ1v) is 10.3. The van der Waals surface area contributed by atoms with E-state index in [2.05, 4.69) is 15.2 Å². The average Bonchev–Trinajstić information content (AvgIpc) is 3.09. The van der Waals surface area contributed by atoms with Gasteiger partial charge in [-0.2, -0.15) is 0 Å². The summed E-state index contributed by atoms with van der Waals surface area (Å²) < 4.78 is 5.38. The van der Waals surface area contributed by atoms with E-state index in [1.54, 1.807) is 0 Å². The van der Waals surface area contributed by atoms with E-state index in [9.17, 15) is 4.79 Å². The van der Waals surface area contributed by atoms with Crippen LogP contribution in [0.15, 0.2) is 48.5 Å². The van der Waals surface area contributed by atoms with Gasteiger partial charge < -0.3 is 9.64 Å². The smallest absolute Gasteiger partial charge is 0.257 e. The van der Waals surface area contributed by atoms with Crippen LogP contribution in [0.5, 0.6) is 0 Å². The number of thiazole rings is 1. The third-order valence-corrected chi connectivity index (χ3v) is 5.78. The fourth-order valence-electron chi connectivity index (χ4n) is 3.14. The largest absolute Gasteiger partial charge is 0.378 e. The maximum atomic E-state index is 12.6. The molecule has 4 rings (SSSR count). The molecule has 5 nitrogen and oxygen atoms in total. The molecule has 0 spiro atoms. The van der Waals surface area contributed by atoms with Gasteiger partial charge in [0, 0.05) is 39.8 Å². The van der Waals surface area contributed by atoms with Crippen LogP contribution in [0.3, 0.4) is 0 Å². The predicted octanol–water partition coefficient (Wildman–Crippen LogP) is 4.86. The molecule has 0 saturated carbocycles. The molecule has 0 unspecified atom stereocenters. The number of morpholine rings is 1. The van der Waals surface area contributed by atoms with Crippen LogP contribution >= 0.6 is 22.9 Å². The molecule has 144 valence electrons. The summed E-state index contributed by atoms with van der Waals surface area (Å²) in [6.07, 6.45) is 0. The third kappa shape index (κ3) is 4.19. The minimum Gasteiger partial charge on any atom is -0.378 e. The number of benzene rings is 2. The molecule has 2 aromatic carbocycles. The highest BCUT2D eigenvalue weighted by molar-refractivity contribution is 7.16. The number of hydrogen-bond donors (Lipinski definition) is 1. The molecule has 0 atom stereocenters. The van der Waals surface area contributed by atoms with Crippen molar-refractivity contribution in [1.82, 2.24) is 4.98 Å². The Labute approximate surface area is 172 Å². The number of anilines is 2.